The summed E-state index contributed by atoms with van der Waals surface area (Å²) in [7, 11) is 1.92. The lowest BCUT2D eigenvalue weighted by Gasteiger charge is -2.31. The topological polar surface area (TPSA) is 32.3 Å². The number of nitrogens with one attached hydrogen (secondary N) is 1. The second-order valence-electron chi connectivity index (χ2n) is 5.80. The Bertz CT molecular complexity index is 214. The first-order valence-electron chi connectivity index (χ1n) is 5.86. The van der Waals surface area contributed by atoms with E-state index < -0.39 is 0 Å². The SMILES string of the molecule is CN(CC(C)(C)C)C(=O)[C@@H]1CCCNC1. The minimum absolute atomic E-state index is 0.187. The molecule has 0 aliphatic carbocycles. The number of piperidine rings is 1. The van der Waals surface area contributed by atoms with Crippen LogP contribution in [0.5, 0.6) is 0 Å². The molecule has 1 rings (SSSR count). The average Bonchev–Trinajstić information content (AvgIpc) is 2.15. The summed E-state index contributed by atoms with van der Waals surface area (Å²) >= 11 is 0. The Balaban J connectivity index is 2.44. The van der Waals surface area contributed by atoms with Gasteiger partial charge in [0.2, 0.25) is 5.91 Å². The number of carbonyl (C=O) groups is 1. The highest BCUT2D eigenvalue weighted by atomic mass is 16.2. The van der Waals surface area contributed by atoms with Crippen molar-refractivity contribution in [3.8, 4) is 0 Å². The van der Waals surface area contributed by atoms with Gasteiger partial charge in [-0.1, -0.05) is 20.8 Å². The van der Waals surface area contributed by atoms with Crippen LogP contribution in [0.1, 0.15) is 33.6 Å². The molecule has 1 fully saturated rings. The summed E-state index contributed by atoms with van der Waals surface area (Å²) in [6.45, 7) is 9.24. The highest BCUT2D eigenvalue weighted by molar-refractivity contribution is 5.79. The van der Waals surface area contributed by atoms with Crippen molar-refractivity contribution in [2.75, 3.05) is 26.7 Å². The summed E-state index contributed by atoms with van der Waals surface area (Å²) in [5.41, 5.74) is 0.187. The van der Waals surface area contributed by atoms with Gasteiger partial charge in [0.1, 0.15) is 0 Å². The van der Waals surface area contributed by atoms with E-state index in [-0.39, 0.29) is 11.3 Å². The molecule has 0 spiro atoms. The summed E-state index contributed by atoms with van der Waals surface area (Å²) in [4.78, 5) is 13.9. The molecule has 0 aromatic rings. The molecule has 1 aliphatic heterocycles. The molecule has 1 atom stereocenters. The second kappa shape index (κ2) is 4.97. The molecule has 3 heteroatoms. The van der Waals surface area contributed by atoms with Crippen LogP contribution in [0.2, 0.25) is 0 Å². The molecule has 1 heterocycles. The van der Waals surface area contributed by atoms with Crippen molar-refractivity contribution in [3.05, 3.63) is 0 Å². The molecule has 1 aliphatic rings. The van der Waals surface area contributed by atoms with Crippen LogP contribution in [0, 0.1) is 11.3 Å². The molecule has 0 unspecified atom stereocenters. The van der Waals surface area contributed by atoms with Gasteiger partial charge < -0.3 is 10.2 Å². The van der Waals surface area contributed by atoms with Crippen molar-refractivity contribution >= 4 is 5.91 Å². The van der Waals surface area contributed by atoms with Crippen molar-refractivity contribution in [1.82, 2.24) is 10.2 Å². The third-order valence-electron chi connectivity index (χ3n) is 2.73. The van der Waals surface area contributed by atoms with E-state index in [2.05, 4.69) is 26.1 Å². The highest BCUT2D eigenvalue weighted by Crippen LogP contribution is 2.18. The molecule has 1 saturated heterocycles. The van der Waals surface area contributed by atoms with E-state index in [0.717, 1.165) is 32.5 Å². The zero-order valence-electron chi connectivity index (χ0n) is 10.5. The van der Waals surface area contributed by atoms with Gasteiger partial charge in [-0.3, -0.25) is 4.79 Å². The van der Waals surface area contributed by atoms with Crippen LogP contribution in [0.25, 0.3) is 0 Å². The third-order valence-corrected chi connectivity index (χ3v) is 2.73. The van der Waals surface area contributed by atoms with Gasteiger partial charge in [-0.2, -0.15) is 0 Å². The van der Waals surface area contributed by atoms with E-state index in [4.69, 9.17) is 0 Å². The molecule has 15 heavy (non-hydrogen) atoms. The fourth-order valence-electron chi connectivity index (χ4n) is 2.16. The maximum Gasteiger partial charge on any atom is 0.226 e. The molecule has 1 N–H and O–H groups in total. The van der Waals surface area contributed by atoms with E-state index in [1.54, 1.807) is 0 Å². The molecule has 1 amide bonds. The molecule has 0 radical (unpaired) electrons. The van der Waals surface area contributed by atoms with Gasteiger partial charge in [0.05, 0.1) is 5.92 Å². The first-order chi connectivity index (χ1) is 6.90. The average molecular weight is 212 g/mol. The molecule has 88 valence electrons. The Morgan fingerprint density at radius 1 is 1.47 bits per heavy atom. The van der Waals surface area contributed by atoms with Crippen LogP contribution in [-0.2, 0) is 4.79 Å². The van der Waals surface area contributed by atoms with Crippen LogP contribution in [0.4, 0.5) is 0 Å². The normalized spacial score (nSPS) is 22.5. The maximum absolute atomic E-state index is 12.1. The molecule has 3 nitrogen and oxygen atoms in total. The van der Waals surface area contributed by atoms with E-state index in [9.17, 15) is 4.79 Å². The molecular formula is C12H24N2O. The molecular weight excluding hydrogens is 188 g/mol. The summed E-state index contributed by atoms with van der Waals surface area (Å²) in [5.74, 6) is 0.503. The Kier molecular flexibility index (Phi) is 4.14. The Labute approximate surface area is 93.2 Å². The van der Waals surface area contributed by atoms with Crippen LogP contribution >= 0.6 is 0 Å². The van der Waals surface area contributed by atoms with Crippen LogP contribution in [0.15, 0.2) is 0 Å². The monoisotopic (exact) mass is 212 g/mol. The summed E-state index contributed by atoms with van der Waals surface area (Å²) in [6, 6.07) is 0. The highest BCUT2D eigenvalue weighted by Gasteiger charge is 2.26. The lowest BCUT2D eigenvalue weighted by molar-refractivity contribution is -0.135. The van der Waals surface area contributed by atoms with Crippen molar-refractivity contribution in [1.29, 1.82) is 0 Å². The Hall–Kier alpha value is -0.570. The fourth-order valence-corrected chi connectivity index (χ4v) is 2.16. The zero-order valence-corrected chi connectivity index (χ0v) is 10.5. The summed E-state index contributed by atoms with van der Waals surface area (Å²) in [6.07, 6.45) is 2.17. The smallest absolute Gasteiger partial charge is 0.226 e. The van der Waals surface area contributed by atoms with Crippen molar-refractivity contribution in [3.63, 3.8) is 0 Å². The largest absolute Gasteiger partial charge is 0.345 e. The molecule has 0 aromatic carbocycles. The lowest BCUT2D eigenvalue weighted by atomic mass is 9.94. The first kappa shape index (κ1) is 12.5. The predicted molar refractivity (Wildman–Crippen MR) is 62.7 cm³/mol. The minimum Gasteiger partial charge on any atom is -0.345 e. The van der Waals surface area contributed by atoms with E-state index in [0.29, 0.717) is 5.91 Å². The lowest BCUT2D eigenvalue weighted by Crippen LogP contribution is -2.43. The van der Waals surface area contributed by atoms with E-state index in [1.165, 1.54) is 0 Å². The predicted octanol–water partition coefficient (Wildman–Crippen LogP) is 1.49. The second-order valence-corrected chi connectivity index (χ2v) is 5.80. The van der Waals surface area contributed by atoms with Crippen LogP contribution in [-0.4, -0.2) is 37.5 Å². The number of amides is 1. The van der Waals surface area contributed by atoms with Crippen molar-refractivity contribution in [2.45, 2.75) is 33.6 Å². The Morgan fingerprint density at radius 3 is 2.60 bits per heavy atom. The van der Waals surface area contributed by atoms with Gasteiger partial charge in [-0.25, -0.2) is 0 Å². The Morgan fingerprint density at radius 2 is 2.13 bits per heavy atom. The zero-order chi connectivity index (χ0) is 11.5. The minimum atomic E-state index is 0.187. The number of carbonyl (C=O) groups excluding carboxylic acids is 1. The number of rotatable bonds is 2. The van der Waals surface area contributed by atoms with Gasteiger partial charge in [0.25, 0.3) is 0 Å². The van der Waals surface area contributed by atoms with Gasteiger partial charge in [0.15, 0.2) is 0 Å². The third kappa shape index (κ3) is 4.20. The molecule has 0 saturated carbocycles. The first-order valence-corrected chi connectivity index (χ1v) is 5.86. The van der Waals surface area contributed by atoms with Crippen LogP contribution in [0.3, 0.4) is 0 Å². The maximum atomic E-state index is 12.1. The quantitative estimate of drug-likeness (QED) is 0.752. The standard InChI is InChI=1S/C12H24N2O/c1-12(2,3)9-14(4)11(15)10-6-5-7-13-8-10/h10,13H,5-9H2,1-4H3/t10-/m1/s1. The van der Waals surface area contributed by atoms with E-state index >= 15 is 0 Å². The summed E-state index contributed by atoms with van der Waals surface area (Å²) in [5, 5.41) is 3.29. The van der Waals surface area contributed by atoms with Crippen molar-refractivity contribution < 1.29 is 4.79 Å². The van der Waals surface area contributed by atoms with Crippen LogP contribution < -0.4 is 5.32 Å². The fraction of sp³-hybridized carbons (Fsp3) is 0.917. The van der Waals surface area contributed by atoms with Gasteiger partial charge in [0, 0.05) is 20.1 Å². The summed E-state index contributed by atoms with van der Waals surface area (Å²) < 4.78 is 0. The van der Waals surface area contributed by atoms with E-state index in [1.807, 2.05) is 11.9 Å². The number of hydrogen-bond donors (Lipinski definition) is 1. The molecule has 0 aromatic heterocycles. The number of nitrogens with zero attached hydrogens (tertiary/aromatic N) is 1. The van der Waals surface area contributed by atoms with Crippen molar-refractivity contribution in [2.24, 2.45) is 11.3 Å². The van der Waals surface area contributed by atoms with Gasteiger partial charge in [-0.15, -0.1) is 0 Å². The van der Waals surface area contributed by atoms with Gasteiger partial charge >= 0.3 is 0 Å². The number of hydrogen-bond acceptors (Lipinski definition) is 2. The van der Waals surface area contributed by atoms with Gasteiger partial charge in [-0.05, 0) is 24.8 Å². The molecule has 0 bridgehead atoms.